The molecule has 1 fully saturated rings. The number of methoxy groups -OCH3 is 1. The van der Waals surface area contributed by atoms with Gasteiger partial charge in [-0.05, 0) is 18.9 Å². The first-order chi connectivity index (χ1) is 10.1. The zero-order chi connectivity index (χ0) is 15.2. The molecule has 1 aromatic rings. The average Bonchev–Trinajstić information content (AvgIpc) is 2.88. The molecule has 0 bridgehead atoms. The molecule has 0 aromatic carbocycles. The number of carbonyl (C=O) groups is 1. The third-order valence-electron chi connectivity index (χ3n) is 3.64. The summed E-state index contributed by atoms with van der Waals surface area (Å²) in [5, 5.41) is 13.2. The molecule has 0 radical (unpaired) electrons. The summed E-state index contributed by atoms with van der Waals surface area (Å²) >= 11 is 5.79. The van der Waals surface area contributed by atoms with Crippen molar-refractivity contribution in [3.8, 4) is 0 Å². The molecule has 7 heteroatoms. The van der Waals surface area contributed by atoms with Gasteiger partial charge >= 0.3 is 0 Å². The van der Waals surface area contributed by atoms with E-state index < -0.39 is 6.10 Å². The minimum atomic E-state index is -0.456. The molecule has 3 N–H and O–H groups in total. The number of β-amino-alcohol motifs (C(OH)–C–C–N with tert-alkyl or cyclic N) is 1. The van der Waals surface area contributed by atoms with Crippen LogP contribution in [0.2, 0.25) is 5.02 Å². The smallest absolute Gasteiger partial charge is 0.267 e. The normalized spacial score (nSPS) is 18.6. The van der Waals surface area contributed by atoms with Gasteiger partial charge in [-0.2, -0.15) is 0 Å². The molecule has 1 unspecified atom stereocenters. The van der Waals surface area contributed by atoms with Gasteiger partial charge in [0, 0.05) is 39.0 Å². The first-order valence-electron chi connectivity index (χ1n) is 7.12. The van der Waals surface area contributed by atoms with Crippen LogP contribution in [0.5, 0.6) is 0 Å². The molecule has 2 rings (SSSR count). The Balaban J connectivity index is 1.73. The molecular formula is C14H22ClN3O3. The summed E-state index contributed by atoms with van der Waals surface area (Å²) in [4.78, 5) is 17.0. The molecule has 118 valence electrons. The van der Waals surface area contributed by atoms with E-state index in [4.69, 9.17) is 16.3 Å². The largest absolute Gasteiger partial charge is 0.389 e. The number of amides is 1. The van der Waals surface area contributed by atoms with Crippen LogP contribution in [0.3, 0.4) is 0 Å². The molecule has 0 spiro atoms. The van der Waals surface area contributed by atoms with Crippen LogP contribution in [-0.4, -0.2) is 66.4 Å². The molecular weight excluding hydrogens is 294 g/mol. The SMILES string of the molecule is COCC(O)CN1CCC(NC(=O)c2cc(Cl)c[nH]2)CC1. The molecule has 1 amide bonds. The highest BCUT2D eigenvalue weighted by molar-refractivity contribution is 6.30. The van der Waals surface area contributed by atoms with Crippen molar-refractivity contribution in [2.75, 3.05) is 33.4 Å². The quantitative estimate of drug-likeness (QED) is 0.728. The van der Waals surface area contributed by atoms with E-state index in [0.29, 0.717) is 23.9 Å². The van der Waals surface area contributed by atoms with Gasteiger partial charge in [0.2, 0.25) is 0 Å². The number of ether oxygens (including phenoxy) is 1. The zero-order valence-electron chi connectivity index (χ0n) is 12.1. The highest BCUT2D eigenvalue weighted by atomic mass is 35.5. The number of rotatable bonds is 6. The number of halogens is 1. The second-order valence-corrected chi connectivity index (χ2v) is 5.83. The number of aliphatic hydroxyl groups is 1. The minimum Gasteiger partial charge on any atom is -0.389 e. The fourth-order valence-electron chi connectivity index (χ4n) is 2.57. The van der Waals surface area contributed by atoms with Crippen molar-refractivity contribution in [1.29, 1.82) is 0 Å². The average molecular weight is 316 g/mol. The molecule has 2 heterocycles. The number of hydrogen-bond acceptors (Lipinski definition) is 4. The van der Waals surface area contributed by atoms with Crippen molar-refractivity contribution in [1.82, 2.24) is 15.2 Å². The van der Waals surface area contributed by atoms with Gasteiger partial charge < -0.3 is 25.0 Å². The molecule has 21 heavy (non-hydrogen) atoms. The van der Waals surface area contributed by atoms with E-state index in [1.54, 1.807) is 19.4 Å². The Kier molecular flexibility index (Phi) is 6.05. The molecule has 6 nitrogen and oxygen atoms in total. The summed E-state index contributed by atoms with van der Waals surface area (Å²) in [5.41, 5.74) is 0.484. The number of aromatic amines is 1. The Morgan fingerprint density at radius 1 is 1.62 bits per heavy atom. The van der Waals surface area contributed by atoms with Gasteiger partial charge in [-0.1, -0.05) is 11.6 Å². The molecule has 0 saturated carbocycles. The predicted octanol–water partition coefficient (Wildman–Crippen LogP) is 0.870. The van der Waals surface area contributed by atoms with Crippen LogP contribution in [0.15, 0.2) is 12.3 Å². The van der Waals surface area contributed by atoms with Crippen LogP contribution in [0, 0.1) is 0 Å². The standard InChI is InChI=1S/C14H22ClN3O3/c1-21-9-12(19)8-18-4-2-11(3-5-18)17-14(20)13-6-10(15)7-16-13/h6-7,11-12,16,19H,2-5,8-9H2,1H3,(H,17,20). The van der Waals surface area contributed by atoms with E-state index in [0.717, 1.165) is 25.9 Å². The Morgan fingerprint density at radius 2 is 2.33 bits per heavy atom. The van der Waals surface area contributed by atoms with E-state index in [2.05, 4.69) is 15.2 Å². The van der Waals surface area contributed by atoms with Crippen LogP contribution in [-0.2, 0) is 4.74 Å². The van der Waals surface area contributed by atoms with Crippen molar-refractivity contribution in [2.45, 2.75) is 25.0 Å². The Labute approximate surface area is 129 Å². The highest BCUT2D eigenvalue weighted by Crippen LogP contribution is 2.13. The number of carbonyl (C=O) groups excluding carboxylic acids is 1. The summed E-state index contributed by atoms with van der Waals surface area (Å²) in [6, 6.07) is 1.78. The number of aromatic nitrogens is 1. The van der Waals surface area contributed by atoms with Crippen molar-refractivity contribution in [3.63, 3.8) is 0 Å². The van der Waals surface area contributed by atoms with Crippen LogP contribution in [0.1, 0.15) is 23.3 Å². The maximum Gasteiger partial charge on any atom is 0.267 e. The topological polar surface area (TPSA) is 77.6 Å². The molecule has 1 atom stereocenters. The number of aliphatic hydroxyl groups excluding tert-OH is 1. The lowest BCUT2D eigenvalue weighted by molar-refractivity contribution is 0.0309. The van der Waals surface area contributed by atoms with Gasteiger partial charge in [-0.25, -0.2) is 0 Å². The molecule has 0 aliphatic carbocycles. The zero-order valence-corrected chi connectivity index (χ0v) is 12.9. The van der Waals surface area contributed by atoms with Crippen molar-refractivity contribution in [3.05, 3.63) is 23.0 Å². The number of hydrogen-bond donors (Lipinski definition) is 3. The highest BCUT2D eigenvalue weighted by Gasteiger charge is 2.22. The number of nitrogens with zero attached hydrogens (tertiary/aromatic N) is 1. The Morgan fingerprint density at radius 3 is 2.90 bits per heavy atom. The van der Waals surface area contributed by atoms with Crippen LogP contribution in [0.4, 0.5) is 0 Å². The van der Waals surface area contributed by atoms with E-state index in [1.165, 1.54) is 0 Å². The molecule has 1 saturated heterocycles. The van der Waals surface area contributed by atoms with E-state index in [1.807, 2.05) is 0 Å². The fourth-order valence-corrected chi connectivity index (χ4v) is 2.73. The summed E-state index contributed by atoms with van der Waals surface area (Å²) in [6.07, 6.45) is 2.89. The maximum absolute atomic E-state index is 12.0. The van der Waals surface area contributed by atoms with Gasteiger partial charge in [0.05, 0.1) is 17.7 Å². The summed E-state index contributed by atoms with van der Waals surface area (Å²) in [7, 11) is 1.58. The number of likely N-dealkylation sites (tertiary alicyclic amines) is 1. The summed E-state index contributed by atoms with van der Waals surface area (Å²) < 4.78 is 4.92. The third-order valence-corrected chi connectivity index (χ3v) is 3.86. The Bertz CT molecular complexity index is 458. The minimum absolute atomic E-state index is 0.125. The lowest BCUT2D eigenvalue weighted by Crippen LogP contribution is -2.47. The van der Waals surface area contributed by atoms with Gasteiger partial charge in [-0.3, -0.25) is 4.79 Å². The second-order valence-electron chi connectivity index (χ2n) is 5.39. The first-order valence-corrected chi connectivity index (χ1v) is 7.50. The number of H-pyrrole nitrogens is 1. The molecule has 1 aromatic heterocycles. The number of piperidine rings is 1. The number of nitrogens with one attached hydrogen (secondary N) is 2. The van der Waals surface area contributed by atoms with E-state index >= 15 is 0 Å². The van der Waals surface area contributed by atoms with Gasteiger partial charge in [0.15, 0.2) is 0 Å². The fraction of sp³-hybridized carbons (Fsp3) is 0.643. The van der Waals surface area contributed by atoms with Crippen molar-refractivity contribution in [2.24, 2.45) is 0 Å². The summed E-state index contributed by atoms with van der Waals surface area (Å²) in [5.74, 6) is -0.125. The maximum atomic E-state index is 12.0. The van der Waals surface area contributed by atoms with E-state index in [-0.39, 0.29) is 11.9 Å². The molecule has 1 aliphatic rings. The monoisotopic (exact) mass is 315 g/mol. The van der Waals surface area contributed by atoms with Gasteiger partial charge in [-0.15, -0.1) is 0 Å². The molecule has 1 aliphatic heterocycles. The van der Waals surface area contributed by atoms with Gasteiger partial charge in [0.25, 0.3) is 5.91 Å². The summed E-state index contributed by atoms with van der Waals surface area (Å²) in [6.45, 7) is 2.68. The van der Waals surface area contributed by atoms with Crippen LogP contribution in [0.25, 0.3) is 0 Å². The van der Waals surface area contributed by atoms with Gasteiger partial charge in [0.1, 0.15) is 5.69 Å². The second kappa shape index (κ2) is 7.79. The lowest BCUT2D eigenvalue weighted by atomic mass is 10.0. The van der Waals surface area contributed by atoms with Crippen LogP contribution >= 0.6 is 11.6 Å². The van der Waals surface area contributed by atoms with Crippen LogP contribution < -0.4 is 5.32 Å². The van der Waals surface area contributed by atoms with Crippen molar-refractivity contribution < 1.29 is 14.6 Å². The Hall–Kier alpha value is -1.08. The predicted molar refractivity (Wildman–Crippen MR) is 80.6 cm³/mol. The lowest BCUT2D eigenvalue weighted by Gasteiger charge is -2.33. The van der Waals surface area contributed by atoms with E-state index in [9.17, 15) is 9.90 Å². The first kappa shape index (κ1) is 16.3. The third kappa shape index (κ3) is 5.00. The van der Waals surface area contributed by atoms with Crippen molar-refractivity contribution >= 4 is 17.5 Å².